The molecule has 0 atom stereocenters. The third-order valence-corrected chi connectivity index (χ3v) is 3.87. The summed E-state index contributed by atoms with van der Waals surface area (Å²) in [5, 5.41) is 0. The zero-order chi connectivity index (χ0) is 17.6. The lowest BCUT2D eigenvalue weighted by Crippen LogP contribution is -1.70. The summed E-state index contributed by atoms with van der Waals surface area (Å²) in [6.45, 7) is 4.50. The van der Waals surface area contributed by atoms with E-state index in [4.69, 9.17) is 0 Å². The Labute approximate surface area is 152 Å². The van der Waals surface area contributed by atoms with Gasteiger partial charge in [0, 0.05) is 0 Å². The highest BCUT2D eigenvalue weighted by Gasteiger charge is 1.81. The second-order valence-corrected chi connectivity index (χ2v) is 6.29. The molecule has 0 heterocycles. The standard InChI is InChI=1S/C24H40/c1-3-5-7-9-11-13-15-17-19-21-23-24-22-20-18-16-14-12-10-8-6-4-2/h11-14,17-20,23-24H,3-10,15-16,21-22H2,1-2H3/b13-11+,14-12+,19-17+,20-18+,24-23+. The highest BCUT2D eigenvalue weighted by Crippen LogP contribution is 2.02. The van der Waals surface area contributed by atoms with Crippen LogP contribution in [-0.2, 0) is 0 Å². The third kappa shape index (κ3) is 20.7. The Morgan fingerprint density at radius 1 is 0.375 bits per heavy atom. The van der Waals surface area contributed by atoms with E-state index in [1.165, 1.54) is 51.4 Å². The van der Waals surface area contributed by atoms with Crippen LogP contribution in [0.1, 0.15) is 90.9 Å². The van der Waals surface area contributed by atoms with E-state index in [0.717, 1.165) is 25.7 Å². The number of allylic oxidation sites excluding steroid dienone is 10. The van der Waals surface area contributed by atoms with E-state index in [0.29, 0.717) is 0 Å². The van der Waals surface area contributed by atoms with Crippen molar-refractivity contribution < 1.29 is 0 Å². The van der Waals surface area contributed by atoms with Crippen LogP contribution in [-0.4, -0.2) is 0 Å². The molecule has 0 unspecified atom stereocenters. The SMILES string of the molecule is CCCCC/C=C/C/C=C/C/C=C/C/C=C/C/C=C/CCCCC. The summed E-state index contributed by atoms with van der Waals surface area (Å²) in [6, 6.07) is 0. The molecule has 0 spiro atoms. The second kappa shape index (κ2) is 21.7. The summed E-state index contributed by atoms with van der Waals surface area (Å²) in [5.41, 5.74) is 0. The molecule has 0 saturated heterocycles. The van der Waals surface area contributed by atoms with Crippen LogP contribution in [0.5, 0.6) is 0 Å². The molecular formula is C24H40. The number of rotatable bonds is 16. The third-order valence-electron chi connectivity index (χ3n) is 3.87. The fourth-order valence-corrected chi connectivity index (χ4v) is 2.34. The molecule has 24 heavy (non-hydrogen) atoms. The molecule has 0 aromatic rings. The zero-order valence-electron chi connectivity index (χ0n) is 16.3. The number of hydrogen-bond acceptors (Lipinski definition) is 0. The summed E-state index contributed by atoms with van der Waals surface area (Å²) >= 11 is 0. The molecule has 0 aliphatic heterocycles. The van der Waals surface area contributed by atoms with Gasteiger partial charge < -0.3 is 0 Å². The first-order chi connectivity index (χ1) is 11.9. The van der Waals surface area contributed by atoms with Crippen LogP contribution in [0, 0.1) is 0 Å². The predicted molar refractivity (Wildman–Crippen MR) is 112 cm³/mol. The first-order valence-electron chi connectivity index (χ1n) is 10.2. The van der Waals surface area contributed by atoms with Gasteiger partial charge in [-0.2, -0.15) is 0 Å². The lowest BCUT2D eigenvalue weighted by atomic mass is 10.2. The summed E-state index contributed by atoms with van der Waals surface area (Å²) in [6.07, 6.45) is 37.5. The van der Waals surface area contributed by atoms with E-state index in [9.17, 15) is 0 Å². The molecule has 0 rings (SSSR count). The van der Waals surface area contributed by atoms with Gasteiger partial charge in [0.2, 0.25) is 0 Å². The van der Waals surface area contributed by atoms with Crippen molar-refractivity contribution in [2.75, 3.05) is 0 Å². The van der Waals surface area contributed by atoms with Gasteiger partial charge in [-0.1, -0.05) is 100 Å². The largest absolute Gasteiger partial charge is 0.0882 e. The van der Waals surface area contributed by atoms with E-state index in [-0.39, 0.29) is 0 Å². The lowest BCUT2D eigenvalue weighted by Gasteiger charge is -1.90. The fraction of sp³-hybridized carbons (Fsp3) is 0.583. The quantitative estimate of drug-likeness (QED) is 0.197. The van der Waals surface area contributed by atoms with Crippen LogP contribution < -0.4 is 0 Å². The smallest absolute Gasteiger partial charge is 0.0169 e. The summed E-state index contributed by atoms with van der Waals surface area (Å²) in [4.78, 5) is 0. The van der Waals surface area contributed by atoms with Gasteiger partial charge in [0.25, 0.3) is 0 Å². The molecule has 0 bridgehead atoms. The molecule has 0 amide bonds. The molecule has 136 valence electrons. The van der Waals surface area contributed by atoms with E-state index in [1.54, 1.807) is 0 Å². The second-order valence-electron chi connectivity index (χ2n) is 6.29. The minimum atomic E-state index is 1.05. The van der Waals surface area contributed by atoms with Crippen molar-refractivity contribution in [3.63, 3.8) is 0 Å². The minimum absolute atomic E-state index is 1.05. The molecule has 0 saturated carbocycles. The van der Waals surface area contributed by atoms with Crippen LogP contribution in [0.25, 0.3) is 0 Å². The lowest BCUT2D eigenvalue weighted by molar-refractivity contribution is 0.728. The fourth-order valence-electron chi connectivity index (χ4n) is 2.34. The van der Waals surface area contributed by atoms with Gasteiger partial charge >= 0.3 is 0 Å². The van der Waals surface area contributed by atoms with Crippen molar-refractivity contribution >= 4 is 0 Å². The van der Waals surface area contributed by atoms with Crippen LogP contribution in [0.15, 0.2) is 60.8 Å². The number of hydrogen-bond donors (Lipinski definition) is 0. The van der Waals surface area contributed by atoms with Crippen LogP contribution in [0.2, 0.25) is 0 Å². The zero-order valence-corrected chi connectivity index (χ0v) is 16.3. The van der Waals surface area contributed by atoms with Gasteiger partial charge in [-0.25, -0.2) is 0 Å². The molecule has 0 radical (unpaired) electrons. The van der Waals surface area contributed by atoms with Crippen molar-refractivity contribution in [2.45, 2.75) is 90.9 Å². The Morgan fingerprint density at radius 2 is 0.667 bits per heavy atom. The van der Waals surface area contributed by atoms with Crippen molar-refractivity contribution in [3.05, 3.63) is 60.8 Å². The van der Waals surface area contributed by atoms with Gasteiger partial charge in [0.1, 0.15) is 0 Å². The van der Waals surface area contributed by atoms with Crippen molar-refractivity contribution in [1.29, 1.82) is 0 Å². The molecule has 0 N–H and O–H groups in total. The normalized spacial score (nSPS) is 12.9. The molecule has 0 nitrogen and oxygen atoms in total. The van der Waals surface area contributed by atoms with Crippen LogP contribution in [0.4, 0.5) is 0 Å². The van der Waals surface area contributed by atoms with Gasteiger partial charge in [0.05, 0.1) is 0 Å². The first-order valence-corrected chi connectivity index (χ1v) is 10.2. The van der Waals surface area contributed by atoms with E-state index >= 15 is 0 Å². The molecule has 0 aromatic heterocycles. The Bertz CT molecular complexity index is 329. The maximum atomic E-state index is 2.32. The highest BCUT2D eigenvalue weighted by molar-refractivity contribution is 5.00. The Hall–Kier alpha value is -1.30. The van der Waals surface area contributed by atoms with E-state index in [2.05, 4.69) is 74.6 Å². The summed E-state index contributed by atoms with van der Waals surface area (Å²) in [7, 11) is 0. The maximum absolute atomic E-state index is 2.32. The summed E-state index contributed by atoms with van der Waals surface area (Å²) < 4.78 is 0. The van der Waals surface area contributed by atoms with Crippen LogP contribution in [0.3, 0.4) is 0 Å². The molecule has 0 heteroatoms. The monoisotopic (exact) mass is 328 g/mol. The average molecular weight is 329 g/mol. The van der Waals surface area contributed by atoms with Gasteiger partial charge in [-0.15, -0.1) is 0 Å². The minimum Gasteiger partial charge on any atom is -0.0882 e. The Balaban J connectivity index is 3.42. The van der Waals surface area contributed by atoms with E-state index < -0.39 is 0 Å². The van der Waals surface area contributed by atoms with Gasteiger partial charge in [-0.05, 0) is 51.4 Å². The van der Waals surface area contributed by atoms with Crippen molar-refractivity contribution in [3.8, 4) is 0 Å². The highest BCUT2D eigenvalue weighted by atomic mass is 13.9. The molecule has 0 aliphatic carbocycles. The van der Waals surface area contributed by atoms with Gasteiger partial charge in [-0.3, -0.25) is 0 Å². The molecule has 0 fully saturated rings. The van der Waals surface area contributed by atoms with Crippen LogP contribution >= 0.6 is 0 Å². The summed E-state index contributed by atoms with van der Waals surface area (Å²) in [5.74, 6) is 0. The van der Waals surface area contributed by atoms with Crippen molar-refractivity contribution in [2.24, 2.45) is 0 Å². The predicted octanol–water partition coefficient (Wildman–Crippen LogP) is 8.49. The molecule has 0 aromatic carbocycles. The maximum Gasteiger partial charge on any atom is -0.0169 e. The first kappa shape index (κ1) is 22.7. The Kier molecular flexibility index (Phi) is 20.5. The Morgan fingerprint density at radius 3 is 0.958 bits per heavy atom. The number of unbranched alkanes of at least 4 members (excludes halogenated alkanes) is 6. The molecular weight excluding hydrogens is 288 g/mol. The topological polar surface area (TPSA) is 0 Å². The van der Waals surface area contributed by atoms with Crippen molar-refractivity contribution in [1.82, 2.24) is 0 Å². The van der Waals surface area contributed by atoms with E-state index in [1.807, 2.05) is 0 Å². The molecule has 0 aliphatic rings. The van der Waals surface area contributed by atoms with Gasteiger partial charge in [0.15, 0.2) is 0 Å². The average Bonchev–Trinajstić information content (AvgIpc) is 2.60.